The third-order valence-electron chi connectivity index (χ3n) is 2.92. The first-order chi connectivity index (χ1) is 6.37. The maximum atomic E-state index is 11.9. The first kappa shape index (κ1) is 11.2. The van der Waals surface area contributed by atoms with Crippen LogP contribution < -0.4 is 0 Å². The van der Waals surface area contributed by atoms with Gasteiger partial charge in [0.15, 0.2) is 0 Å². The van der Waals surface area contributed by atoms with Crippen LogP contribution in [0.4, 0.5) is 0 Å². The molecule has 3 heteroatoms. The van der Waals surface area contributed by atoms with E-state index in [0.717, 1.165) is 0 Å². The van der Waals surface area contributed by atoms with Gasteiger partial charge in [0.05, 0.1) is 5.92 Å². The second-order valence-corrected chi connectivity index (χ2v) is 4.70. The molecule has 3 nitrogen and oxygen atoms in total. The number of carbonyl (C=O) groups is 2. The number of rotatable bonds is 2. The molecule has 2 atom stereocenters. The summed E-state index contributed by atoms with van der Waals surface area (Å²) < 4.78 is 0. The van der Waals surface area contributed by atoms with Gasteiger partial charge in [0.25, 0.3) is 0 Å². The number of carbonyl (C=O) groups excluding carboxylic acids is 2. The molecular formula is C11H19NO2. The van der Waals surface area contributed by atoms with E-state index in [0.29, 0.717) is 0 Å². The molecule has 1 aliphatic rings. The lowest BCUT2D eigenvalue weighted by Crippen LogP contribution is -2.37. The van der Waals surface area contributed by atoms with E-state index >= 15 is 0 Å². The Balaban J connectivity index is 2.97. The van der Waals surface area contributed by atoms with Crippen molar-refractivity contribution in [3.8, 4) is 0 Å². The van der Waals surface area contributed by atoms with E-state index in [1.165, 1.54) is 4.90 Å². The molecule has 0 aliphatic carbocycles. The van der Waals surface area contributed by atoms with Gasteiger partial charge in [-0.05, 0) is 19.8 Å². The molecule has 0 aromatic rings. The summed E-state index contributed by atoms with van der Waals surface area (Å²) >= 11 is 0. The van der Waals surface area contributed by atoms with Gasteiger partial charge in [-0.15, -0.1) is 0 Å². The summed E-state index contributed by atoms with van der Waals surface area (Å²) in [5.41, 5.74) is 0. The summed E-state index contributed by atoms with van der Waals surface area (Å²) in [5.74, 6) is -0.0313. The largest absolute Gasteiger partial charge is 0.280 e. The van der Waals surface area contributed by atoms with Crippen LogP contribution >= 0.6 is 0 Å². The molecule has 1 saturated heterocycles. The highest BCUT2D eigenvalue weighted by atomic mass is 16.2. The van der Waals surface area contributed by atoms with E-state index < -0.39 is 0 Å². The van der Waals surface area contributed by atoms with Crippen LogP contribution in [0.3, 0.4) is 0 Å². The summed E-state index contributed by atoms with van der Waals surface area (Å²) in [6.07, 6.45) is 0. The lowest BCUT2D eigenvalue weighted by atomic mass is 9.87. The zero-order valence-corrected chi connectivity index (χ0v) is 9.57. The highest BCUT2D eigenvalue weighted by Gasteiger charge is 2.46. The van der Waals surface area contributed by atoms with Crippen LogP contribution in [0, 0.1) is 17.8 Å². The average Bonchev–Trinajstić information content (AvgIpc) is 2.23. The van der Waals surface area contributed by atoms with E-state index in [9.17, 15) is 9.59 Å². The molecule has 1 fully saturated rings. The van der Waals surface area contributed by atoms with E-state index in [2.05, 4.69) is 0 Å². The van der Waals surface area contributed by atoms with Crippen LogP contribution in [0.25, 0.3) is 0 Å². The molecular weight excluding hydrogens is 178 g/mol. The summed E-state index contributed by atoms with van der Waals surface area (Å²) in [6.45, 7) is 9.61. The Kier molecular flexibility index (Phi) is 2.98. The van der Waals surface area contributed by atoms with Crippen molar-refractivity contribution in [3.63, 3.8) is 0 Å². The van der Waals surface area contributed by atoms with Gasteiger partial charge in [0.2, 0.25) is 11.8 Å². The highest BCUT2D eigenvalue weighted by Crippen LogP contribution is 2.32. The number of imide groups is 1. The van der Waals surface area contributed by atoms with Gasteiger partial charge >= 0.3 is 0 Å². The van der Waals surface area contributed by atoms with Crippen molar-refractivity contribution in [2.24, 2.45) is 17.8 Å². The zero-order valence-electron chi connectivity index (χ0n) is 9.57. The normalized spacial score (nSPS) is 28.4. The third kappa shape index (κ3) is 1.56. The maximum Gasteiger partial charge on any atom is 0.233 e. The van der Waals surface area contributed by atoms with Crippen LogP contribution in [0.2, 0.25) is 0 Å². The molecule has 0 aromatic heterocycles. The van der Waals surface area contributed by atoms with Crippen molar-refractivity contribution in [3.05, 3.63) is 0 Å². The van der Waals surface area contributed by atoms with E-state index in [-0.39, 0.29) is 35.6 Å². The molecule has 1 heterocycles. The summed E-state index contributed by atoms with van der Waals surface area (Å²) in [6, 6.07) is -0.0128. The second kappa shape index (κ2) is 3.71. The lowest BCUT2D eigenvalue weighted by molar-refractivity contribution is -0.142. The molecule has 0 spiro atoms. The van der Waals surface area contributed by atoms with Gasteiger partial charge in [-0.3, -0.25) is 14.5 Å². The number of amides is 2. The minimum absolute atomic E-state index is 0.00694. The first-order valence-electron chi connectivity index (χ1n) is 5.24. The van der Waals surface area contributed by atoms with Gasteiger partial charge in [-0.1, -0.05) is 20.8 Å². The fraction of sp³-hybridized carbons (Fsp3) is 0.818. The standard InChI is InChI=1S/C11H19NO2/c1-6(2)9-8(5)10(13)12(7(3)4)11(9)14/h6-9H,1-5H3. The van der Waals surface area contributed by atoms with E-state index in [1.54, 1.807) is 0 Å². The molecule has 2 unspecified atom stereocenters. The monoisotopic (exact) mass is 197 g/mol. The highest BCUT2D eigenvalue weighted by molar-refractivity contribution is 6.05. The molecule has 0 saturated carbocycles. The van der Waals surface area contributed by atoms with Crippen molar-refractivity contribution in [1.29, 1.82) is 0 Å². The zero-order chi connectivity index (χ0) is 11.0. The predicted molar refractivity (Wildman–Crippen MR) is 54.5 cm³/mol. The molecule has 0 N–H and O–H groups in total. The number of likely N-dealkylation sites (tertiary alicyclic amines) is 1. The molecule has 1 aliphatic heterocycles. The first-order valence-corrected chi connectivity index (χ1v) is 5.24. The molecule has 80 valence electrons. The van der Waals surface area contributed by atoms with Crippen LogP contribution in [-0.2, 0) is 9.59 Å². The van der Waals surface area contributed by atoms with E-state index in [1.807, 2.05) is 34.6 Å². The van der Waals surface area contributed by atoms with Crippen molar-refractivity contribution < 1.29 is 9.59 Å². The average molecular weight is 197 g/mol. The Morgan fingerprint density at radius 3 is 1.79 bits per heavy atom. The lowest BCUT2D eigenvalue weighted by Gasteiger charge is -2.19. The van der Waals surface area contributed by atoms with Gasteiger partial charge < -0.3 is 0 Å². The Labute approximate surface area is 85.5 Å². The number of hydrogen-bond donors (Lipinski definition) is 0. The molecule has 2 amide bonds. The summed E-state index contributed by atoms with van der Waals surface area (Å²) in [4.78, 5) is 25.1. The van der Waals surface area contributed by atoms with Gasteiger partial charge in [0, 0.05) is 12.0 Å². The van der Waals surface area contributed by atoms with Crippen molar-refractivity contribution in [2.75, 3.05) is 0 Å². The van der Waals surface area contributed by atoms with Crippen molar-refractivity contribution in [1.82, 2.24) is 4.90 Å². The summed E-state index contributed by atoms with van der Waals surface area (Å²) in [5, 5.41) is 0. The summed E-state index contributed by atoms with van der Waals surface area (Å²) in [7, 11) is 0. The van der Waals surface area contributed by atoms with Crippen LogP contribution in [-0.4, -0.2) is 22.8 Å². The quantitative estimate of drug-likeness (QED) is 0.631. The topological polar surface area (TPSA) is 37.4 Å². The van der Waals surface area contributed by atoms with Gasteiger partial charge in [0.1, 0.15) is 0 Å². The molecule has 0 bridgehead atoms. The maximum absolute atomic E-state index is 11.9. The Hall–Kier alpha value is -0.860. The predicted octanol–water partition coefficient (Wildman–Crippen LogP) is 1.67. The number of nitrogens with zero attached hydrogens (tertiary/aromatic N) is 1. The molecule has 0 radical (unpaired) electrons. The smallest absolute Gasteiger partial charge is 0.233 e. The molecule has 0 aromatic carbocycles. The fourth-order valence-corrected chi connectivity index (χ4v) is 2.23. The second-order valence-electron chi connectivity index (χ2n) is 4.70. The van der Waals surface area contributed by atoms with Gasteiger partial charge in [-0.2, -0.15) is 0 Å². The Morgan fingerprint density at radius 1 is 1.07 bits per heavy atom. The van der Waals surface area contributed by atoms with Crippen LogP contribution in [0.1, 0.15) is 34.6 Å². The molecule has 1 rings (SSSR count). The number of hydrogen-bond acceptors (Lipinski definition) is 2. The van der Waals surface area contributed by atoms with Crippen molar-refractivity contribution >= 4 is 11.8 Å². The van der Waals surface area contributed by atoms with Crippen molar-refractivity contribution in [2.45, 2.75) is 40.7 Å². The molecule has 14 heavy (non-hydrogen) atoms. The van der Waals surface area contributed by atoms with Crippen LogP contribution in [0.5, 0.6) is 0 Å². The minimum atomic E-state index is -0.148. The Bertz CT molecular complexity index is 258. The minimum Gasteiger partial charge on any atom is -0.280 e. The fourth-order valence-electron chi connectivity index (χ4n) is 2.23. The van der Waals surface area contributed by atoms with Crippen LogP contribution in [0.15, 0.2) is 0 Å². The Morgan fingerprint density at radius 2 is 1.57 bits per heavy atom. The van der Waals surface area contributed by atoms with E-state index in [4.69, 9.17) is 0 Å². The third-order valence-corrected chi connectivity index (χ3v) is 2.92. The SMILES string of the molecule is CC(C)C1C(=O)N(C(C)C)C(=O)C1C. The van der Waals surface area contributed by atoms with Gasteiger partial charge in [-0.25, -0.2) is 0 Å².